The smallest absolute Gasteiger partial charge is 0.306 e. The van der Waals surface area contributed by atoms with Crippen molar-refractivity contribution < 1.29 is 9.53 Å². The van der Waals surface area contributed by atoms with Crippen LogP contribution in [0.1, 0.15) is 25.6 Å². The number of thiophene rings is 1. The van der Waals surface area contributed by atoms with E-state index in [1.165, 1.54) is 15.9 Å². The highest BCUT2D eigenvalue weighted by atomic mass is 32.1. The monoisotopic (exact) mass is 367 g/mol. The minimum absolute atomic E-state index is 0.121. The van der Waals surface area contributed by atoms with Crippen LogP contribution in [0.25, 0.3) is 21.3 Å². The van der Waals surface area contributed by atoms with Crippen molar-refractivity contribution in [2.45, 2.75) is 32.9 Å². The summed E-state index contributed by atoms with van der Waals surface area (Å²) in [7, 11) is 0. The van der Waals surface area contributed by atoms with Gasteiger partial charge in [-0.05, 0) is 12.0 Å². The SMILES string of the molecule is CCCC(=O)OCc1nc2scc(-c3ccccc3)c2c(=O)n1CC#N. The zero-order valence-electron chi connectivity index (χ0n) is 14.3. The molecule has 0 saturated heterocycles. The van der Waals surface area contributed by atoms with Crippen LogP contribution < -0.4 is 5.56 Å². The molecule has 0 spiro atoms. The number of aromatic nitrogens is 2. The lowest BCUT2D eigenvalue weighted by molar-refractivity contribution is -0.145. The van der Waals surface area contributed by atoms with E-state index in [1.54, 1.807) is 0 Å². The minimum atomic E-state index is -0.346. The first-order valence-electron chi connectivity index (χ1n) is 8.24. The molecule has 3 rings (SSSR count). The molecule has 0 fully saturated rings. The van der Waals surface area contributed by atoms with Crippen molar-refractivity contribution >= 4 is 27.5 Å². The van der Waals surface area contributed by atoms with E-state index in [0.717, 1.165) is 11.1 Å². The topological polar surface area (TPSA) is 85.0 Å². The van der Waals surface area contributed by atoms with Crippen LogP contribution in [0.2, 0.25) is 0 Å². The summed E-state index contributed by atoms with van der Waals surface area (Å²) in [6.07, 6.45) is 0.990. The van der Waals surface area contributed by atoms with E-state index in [2.05, 4.69) is 4.98 Å². The fourth-order valence-corrected chi connectivity index (χ4v) is 3.62. The zero-order valence-corrected chi connectivity index (χ0v) is 15.1. The lowest BCUT2D eigenvalue weighted by atomic mass is 10.1. The first kappa shape index (κ1) is 17.8. The van der Waals surface area contributed by atoms with Gasteiger partial charge in [0.15, 0.2) is 5.82 Å². The number of nitriles is 1. The normalized spacial score (nSPS) is 10.6. The summed E-state index contributed by atoms with van der Waals surface area (Å²) in [6.45, 7) is 1.62. The molecule has 1 aromatic carbocycles. The van der Waals surface area contributed by atoms with E-state index in [4.69, 9.17) is 10.00 Å². The number of rotatable bonds is 6. The third-order valence-electron chi connectivity index (χ3n) is 3.90. The summed E-state index contributed by atoms with van der Waals surface area (Å²) in [6, 6.07) is 11.6. The van der Waals surface area contributed by atoms with Crippen molar-refractivity contribution in [3.8, 4) is 17.2 Å². The van der Waals surface area contributed by atoms with E-state index >= 15 is 0 Å². The summed E-state index contributed by atoms with van der Waals surface area (Å²) in [5.74, 6) is -0.0588. The summed E-state index contributed by atoms with van der Waals surface area (Å²) >= 11 is 1.36. The van der Waals surface area contributed by atoms with Gasteiger partial charge in [-0.3, -0.25) is 14.2 Å². The Morgan fingerprint density at radius 1 is 1.35 bits per heavy atom. The van der Waals surface area contributed by atoms with Crippen molar-refractivity contribution in [2.75, 3.05) is 0 Å². The van der Waals surface area contributed by atoms with Gasteiger partial charge in [0.1, 0.15) is 18.0 Å². The maximum absolute atomic E-state index is 13.0. The van der Waals surface area contributed by atoms with Crippen LogP contribution in [-0.4, -0.2) is 15.5 Å². The number of carbonyl (C=O) groups is 1. The quantitative estimate of drug-likeness (QED) is 0.623. The lowest BCUT2D eigenvalue weighted by Crippen LogP contribution is -2.26. The standard InChI is InChI=1S/C19H17N3O3S/c1-2-6-16(23)25-11-15-21-18-17(19(24)22(15)10-9-20)14(12-26-18)13-7-4-3-5-8-13/h3-5,7-8,12H,2,6,10-11H2,1H3. The Balaban J connectivity index is 2.08. The highest BCUT2D eigenvalue weighted by Gasteiger charge is 2.17. The van der Waals surface area contributed by atoms with Gasteiger partial charge in [0.05, 0.1) is 11.5 Å². The Kier molecular flexibility index (Phi) is 5.44. The van der Waals surface area contributed by atoms with Gasteiger partial charge in [0, 0.05) is 17.4 Å². The number of ether oxygens (including phenoxy) is 1. The molecule has 0 N–H and O–H groups in total. The average molecular weight is 367 g/mol. The first-order chi connectivity index (χ1) is 12.7. The third-order valence-corrected chi connectivity index (χ3v) is 4.78. The summed E-state index contributed by atoms with van der Waals surface area (Å²) in [4.78, 5) is 29.7. The Morgan fingerprint density at radius 3 is 2.81 bits per heavy atom. The van der Waals surface area contributed by atoms with Gasteiger partial charge >= 0.3 is 5.97 Å². The second-order valence-corrected chi connectivity index (χ2v) is 6.54. The summed E-state index contributed by atoms with van der Waals surface area (Å²) < 4.78 is 6.46. The summed E-state index contributed by atoms with van der Waals surface area (Å²) in [5.41, 5.74) is 1.42. The molecule has 0 unspecified atom stereocenters. The van der Waals surface area contributed by atoms with Crippen LogP contribution in [0.15, 0.2) is 40.5 Å². The molecule has 2 heterocycles. The van der Waals surface area contributed by atoms with Gasteiger partial charge in [-0.25, -0.2) is 4.98 Å². The van der Waals surface area contributed by atoms with Crippen LogP contribution in [0.3, 0.4) is 0 Å². The minimum Gasteiger partial charge on any atom is -0.458 e. The highest BCUT2D eigenvalue weighted by molar-refractivity contribution is 7.17. The third kappa shape index (κ3) is 3.51. The van der Waals surface area contributed by atoms with Gasteiger partial charge in [-0.2, -0.15) is 5.26 Å². The van der Waals surface area contributed by atoms with Crippen molar-refractivity contribution in [2.24, 2.45) is 0 Å². The van der Waals surface area contributed by atoms with E-state index in [0.29, 0.717) is 23.1 Å². The van der Waals surface area contributed by atoms with E-state index in [1.807, 2.05) is 48.7 Å². The number of fused-ring (bicyclic) bond motifs is 1. The molecule has 7 heteroatoms. The molecule has 0 amide bonds. The Labute approximate surface area is 154 Å². The van der Waals surface area contributed by atoms with Crippen molar-refractivity contribution in [3.63, 3.8) is 0 Å². The Hall–Kier alpha value is -2.98. The predicted molar refractivity (Wildman–Crippen MR) is 99.6 cm³/mol. The number of nitrogens with zero attached hydrogens (tertiary/aromatic N) is 3. The molecule has 0 aliphatic heterocycles. The first-order valence-corrected chi connectivity index (χ1v) is 9.12. The molecule has 0 radical (unpaired) electrons. The lowest BCUT2D eigenvalue weighted by Gasteiger charge is -2.10. The number of hydrogen-bond acceptors (Lipinski definition) is 6. The molecule has 132 valence electrons. The van der Waals surface area contributed by atoms with Crippen LogP contribution in [-0.2, 0) is 22.7 Å². The van der Waals surface area contributed by atoms with Gasteiger partial charge in [0.25, 0.3) is 5.56 Å². The van der Waals surface area contributed by atoms with Crippen molar-refractivity contribution in [1.82, 2.24) is 9.55 Å². The molecule has 0 bridgehead atoms. The highest BCUT2D eigenvalue weighted by Crippen LogP contribution is 2.30. The van der Waals surface area contributed by atoms with Crippen LogP contribution >= 0.6 is 11.3 Å². The largest absolute Gasteiger partial charge is 0.458 e. The molecule has 0 saturated carbocycles. The Bertz CT molecular complexity index is 1030. The zero-order chi connectivity index (χ0) is 18.5. The van der Waals surface area contributed by atoms with Crippen molar-refractivity contribution in [1.29, 1.82) is 5.26 Å². The fourth-order valence-electron chi connectivity index (χ4n) is 2.66. The molecule has 0 aliphatic carbocycles. The number of esters is 1. The van der Waals surface area contributed by atoms with E-state index in [-0.39, 0.29) is 30.5 Å². The van der Waals surface area contributed by atoms with Gasteiger partial charge < -0.3 is 4.74 Å². The molecule has 3 aromatic rings. The maximum atomic E-state index is 13.0. The van der Waals surface area contributed by atoms with Crippen molar-refractivity contribution in [3.05, 3.63) is 51.9 Å². The predicted octanol–water partition coefficient (Wildman–Crippen LogP) is 3.49. The second-order valence-electron chi connectivity index (χ2n) is 5.68. The molecule has 0 atom stereocenters. The average Bonchev–Trinajstić information content (AvgIpc) is 3.08. The van der Waals surface area contributed by atoms with Crippen LogP contribution in [0.4, 0.5) is 0 Å². The fraction of sp³-hybridized carbons (Fsp3) is 0.263. The molecular formula is C19H17N3O3S. The van der Waals surface area contributed by atoms with Crippen LogP contribution in [0.5, 0.6) is 0 Å². The Morgan fingerprint density at radius 2 is 2.12 bits per heavy atom. The molecular weight excluding hydrogens is 350 g/mol. The van der Waals surface area contributed by atoms with E-state index in [9.17, 15) is 9.59 Å². The maximum Gasteiger partial charge on any atom is 0.306 e. The molecule has 26 heavy (non-hydrogen) atoms. The number of hydrogen-bond donors (Lipinski definition) is 0. The molecule has 2 aromatic heterocycles. The summed E-state index contributed by atoms with van der Waals surface area (Å²) in [5, 5.41) is 11.5. The number of benzene rings is 1. The molecule has 0 aliphatic rings. The second kappa shape index (κ2) is 7.93. The van der Waals surface area contributed by atoms with Crippen LogP contribution in [0, 0.1) is 11.3 Å². The van der Waals surface area contributed by atoms with Gasteiger partial charge in [-0.1, -0.05) is 37.3 Å². The van der Waals surface area contributed by atoms with Gasteiger partial charge in [0.2, 0.25) is 0 Å². The number of carbonyl (C=O) groups excluding carboxylic acids is 1. The molecule has 6 nitrogen and oxygen atoms in total. The van der Waals surface area contributed by atoms with E-state index < -0.39 is 0 Å². The van der Waals surface area contributed by atoms with Gasteiger partial charge in [-0.15, -0.1) is 11.3 Å².